The molecule has 0 spiro atoms. The second-order valence-corrected chi connectivity index (χ2v) is 4.13. The molecule has 16 heavy (non-hydrogen) atoms. The van der Waals surface area contributed by atoms with Crippen LogP contribution in [0.4, 0.5) is 0 Å². The SMILES string of the molecule is CC1=CC(=NSc2ncn[nH]2)C(C)=CC1=O. The van der Waals surface area contributed by atoms with Crippen LogP contribution < -0.4 is 0 Å². The molecule has 0 fully saturated rings. The van der Waals surface area contributed by atoms with Crippen LogP contribution in [0.3, 0.4) is 0 Å². The number of aromatic nitrogens is 3. The lowest BCUT2D eigenvalue weighted by atomic mass is 9.99. The summed E-state index contributed by atoms with van der Waals surface area (Å²) in [6.07, 6.45) is 4.80. The van der Waals surface area contributed by atoms with E-state index in [9.17, 15) is 4.79 Å². The second kappa shape index (κ2) is 4.44. The molecule has 0 saturated heterocycles. The summed E-state index contributed by atoms with van der Waals surface area (Å²) in [5.41, 5.74) is 2.35. The van der Waals surface area contributed by atoms with E-state index in [1.54, 1.807) is 19.1 Å². The molecule has 0 atom stereocenters. The van der Waals surface area contributed by atoms with Crippen LogP contribution in [-0.4, -0.2) is 26.7 Å². The number of carbonyl (C=O) groups excluding carboxylic acids is 1. The molecule has 82 valence electrons. The van der Waals surface area contributed by atoms with E-state index in [1.165, 1.54) is 18.3 Å². The minimum atomic E-state index is 0.0427. The number of H-pyrrole nitrogens is 1. The predicted octanol–water partition coefficient (Wildman–Crippen LogP) is 1.73. The fourth-order valence-electron chi connectivity index (χ4n) is 1.20. The van der Waals surface area contributed by atoms with E-state index in [0.717, 1.165) is 11.3 Å². The minimum Gasteiger partial charge on any atom is -0.290 e. The highest BCUT2D eigenvalue weighted by Gasteiger charge is 2.12. The molecule has 1 aromatic heterocycles. The zero-order valence-electron chi connectivity index (χ0n) is 8.89. The summed E-state index contributed by atoms with van der Waals surface area (Å²) in [5, 5.41) is 7.05. The van der Waals surface area contributed by atoms with Crippen molar-refractivity contribution in [1.29, 1.82) is 0 Å². The summed E-state index contributed by atoms with van der Waals surface area (Å²) in [4.78, 5) is 15.3. The Kier molecular flexibility index (Phi) is 3.00. The second-order valence-electron chi connectivity index (χ2n) is 3.38. The molecule has 0 bridgehead atoms. The Morgan fingerprint density at radius 1 is 1.31 bits per heavy atom. The van der Waals surface area contributed by atoms with Crippen LogP contribution in [0.1, 0.15) is 13.8 Å². The van der Waals surface area contributed by atoms with Crippen molar-refractivity contribution in [3.8, 4) is 0 Å². The Balaban J connectivity index is 2.18. The van der Waals surface area contributed by atoms with Crippen molar-refractivity contribution in [2.75, 3.05) is 0 Å². The first-order valence-electron chi connectivity index (χ1n) is 4.68. The summed E-state index contributed by atoms with van der Waals surface area (Å²) in [6.45, 7) is 3.64. The van der Waals surface area contributed by atoms with Gasteiger partial charge < -0.3 is 0 Å². The lowest BCUT2D eigenvalue weighted by Gasteiger charge is -2.08. The van der Waals surface area contributed by atoms with Crippen LogP contribution in [-0.2, 0) is 4.79 Å². The van der Waals surface area contributed by atoms with Gasteiger partial charge in [-0.3, -0.25) is 9.89 Å². The lowest BCUT2D eigenvalue weighted by molar-refractivity contribution is -0.111. The van der Waals surface area contributed by atoms with Crippen molar-refractivity contribution in [1.82, 2.24) is 15.2 Å². The van der Waals surface area contributed by atoms with Gasteiger partial charge in [0.05, 0.1) is 17.7 Å². The number of allylic oxidation sites excluding steroid dienone is 4. The van der Waals surface area contributed by atoms with Gasteiger partial charge in [0, 0.05) is 0 Å². The normalized spacial score (nSPS) is 18.6. The zero-order chi connectivity index (χ0) is 11.5. The highest BCUT2D eigenvalue weighted by molar-refractivity contribution is 7.98. The maximum atomic E-state index is 11.3. The molecular formula is C10H10N4OS. The standard InChI is InChI=1S/C10H10N4OS/c1-6-4-9(15)7(2)3-8(6)14-16-10-11-5-12-13-10/h3-5H,1-2H3,(H,11,12,13). The van der Waals surface area contributed by atoms with Gasteiger partial charge in [-0.1, -0.05) is 0 Å². The summed E-state index contributed by atoms with van der Waals surface area (Å²) >= 11 is 1.20. The molecule has 1 heterocycles. The molecule has 5 nitrogen and oxygen atoms in total. The van der Waals surface area contributed by atoms with E-state index in [4.69, 9.17) is 0 Å². The van der Waals surface area contributed by atoms with E-state index < -0.39 is 0 Å². The van der Waals surface area contributed by atoms with Crippen molar-refractivity contribution < 1.29 is 4.79 Å². The number of nitrogens with one attached hydrogen (secondary N) is 1. The fourth-order valence-corrected chi connectivity index (χ4v) is 1.77. The lowest BCUT2D eigenvalue weighted by Crippen LogP contribution is -2.09. The van der Waals surface area contributed by atoms with Crippen LogP contribution in [0.25, 0.3) is 0 Å². The fraction of sp³-hybridized carbons (Fsp3) is 0.200. The van der Waals surface area contributed by atoms with E-state index in [2.05, 4.69) is 19.6 Å². The smallest absolute Gasteiger partial charge is 0.206 e. The average Bonchev–Trinajstić information content (AvgIpc) is 2.74. The van der Waals surface area contributed by atoms with Crippen molar-refractivity contribution in [2.24, 2.45) is 4.40 Å². The summed E-state index contributed by atoms with van der Waals surface area (Å²) in [7, 11) is 0. The average molecular weight is 234 g/mol. The van der Waals surface area contributed by atoms with Crippen LogP contribution in [0, 0.1) is 0 Å². The van der Waals surface area contributed by atoms with E-state index in [1.807, 2.05) is 6.92 Å². The topological polar surface area (TPSA) is 71.0 Å². The first kappa shape index (κ1) is 10.8. The molecule has 1 aliphatic rings. The van der Waals surface area contributed by atoms with Gasteiger partial charge in [-0.2, -0.15) is 5.10 Å². The molecule has 2 rings (SSSR count). The van der Waals surface area contributed by atoms with Crippen molar-refractivity contribution >= 4 is 23.4 Å². The number of carbonyl (C=O) groups is 1. The van der Waals surface area contributed by atoms with Crippen molar-refractivity contribution in [2.45, 2.75) is 19.0 Å². The summed E-state index contributed by atoms with van der Waals surface area (Å²) in [5.74, 6) is 0.0427. The summed E-state index contributed by atoms with van der Waals surface area (Å²) in [6, 6.07) is 0. The number of rotatable bonds is 2. The number of hydrogen-bond acceptors (Lipinski definition) is 5. The van der Waals surface area contributed by atoms with Crippen LogP contribution in [0.15, 0.2) is 39.2 Å². The zero-order valence-corrected chi connectivity index (χ0v) is 9.71. The van der Waals surface area contributed by atoms with Crippen LogP contribution in [0.2, 0.25) is 0 Å². The first-order valence-corrected chi connectivity index (χ1v) is 5.46. The molecule has 0 aliphatic heterocycles. The van der Waals surface area contributed by atoms with Crippen molar-refractivity contribution in [3.05, 3.63) is 29.6 Å². The van der Waals surface area contributed by atoms with E-state index in [-0.39, 0.29) is 5.78 Å². The Hall–Kier alpha value is -1.69. The van der Waals surface area contributed by atoms with Crippen LogP contribution in [0.5, 0.6) is 0 Å². The van der Waals surface area contributed by atoms with Gasteiger partial charge in [0.25, 0.3) is 0 Å². The third kappa shape index (κ3) is 2.27. The van der Waals surface area contributed by atoms with E-state index in [0.29, 0.717) is 10.7 Å². The molecule has 1 aliphatic carbocycles. The van der Waals surface area contributed by atoms with Gasteiger partial charge >= 0.3 is 0 Å². The highest BCUT2D eigenvalue weighted by atomic mass is 32.2. The third-order valence-corrected chi connectivity index (χ3v) is 2.77. The molecule has 0 amide bonds. The third-order valence-electron chi connectivity index (χ3n) is 2.12. The number of ketones is 1. The monoisotopic (exact) mass is 234 g/mol. The quantitative estimate of drug-likeness (QED) is 0.625. The van der Waals surface area contributed by atoms with Gasteiger partial charge in [-0.15, -0.1) is 0 Å². The molecule has 1 aromatic rings. The van der Waals surface area contributed by atoms with Gasteiger partial charge in [0.2, 0.25) is 5.16 Å². The first-order chi connectivity index (χ1) is 7.66. The summed E-state index contributed by atoms with van der Waals surface area (Å²) < 4.78 is 4.29. The van der Waals surface area contributed by atoms with Gasteiger partial charge in [0.15, 0.2) is 5.78 Å². The van der Waals surface area contributed by atoms with Crippen LogP contribution >= 0.6 is 11.9 Å². The largest absolute Gasteiger partial charge is 0.290 e. The maximum absolute atomic E-state index is 11.3. The molecule has 0 unspecified atom stereocenters. The number of aromatic amines is 1. The van der Waals surface area contributed by atoms with Gasteiger partial charge in [-0.25, -0.2) is 9.38 Å². The van der Waals surface area contributed by atoms with E-state index >= 15 is 0 Å². The molecule has 6 heteroatoms. The Morgan fingerprint density at radius 2 is 2.12 bits per heavy atom. The van der Waals surface area contributed by atoms with Gasteiger partial charge in [-0.05, 0) is 37.1 Å². The molecule has 0 saturated carbocycles. The molecule has 1 N–H and O–H groups in total. The predicted molar refractivity (Wildman–Crippen MR) is 62.2 cm³/mol. The van der Waals surface area contributed by atoms with Crippen molar-refractivity contribution in [3.63, 3.8) is 0 Å². The minimum absolute atomic E-state index is 0.0427. The number of nitrogens with zero attached hydrogens (tertiary/aromatic N) is 3. The molecule has 0 radical (unpaired) electrons. The Bertz CT molecular complexity index is 499. The molecular weight excluding hydrogens is 224 g/mol. The number of hydrogen-bond donors (Lipinski definition) is 1. The Morgan fingerprint density at radius 3 is 2.81 bits per heavy atom. The van der Waals surface area contributed by atoms with Gasteiger partial charge in [0.1, 0.15) is 6.33 Å². The Labute approximate surface area is 96.9 Å². The molecule has 0 aromatic carbocycles. The highest BCUT2D eigenvalue weighted by Crippen LogP contribution is 2.18. The maximum Gasteiger partial charge on any atom is 0.206 e.